The Morgan fingerprint density at radius 1 is 1.29 bits per heavy atom. The molecule has 0 radical (unpaired) electrons. The normalized spacial score (nSPS) is 14.5. The lowest BCUT2D eigenvalue weighted by molar-refractivity contribution is -0.138. The van der Waals surface area contributed by atoms with Crippen LogP contribution in [0.5, 0.6) is 5.75 Å². The van der Waals surface area contributed by atoms with Gasteiger partial charge in [0.05, 0.1) is 11.0 Å². The number of hydrogen-bond donors (Lipinski definition) is 1. The van der Waals surface area contributed by atoms with Gasteiger partial charge in [0, 0.05) is 5.75 Å². The molecule has 21 heavy (non-hydrogen) atoms. The van der Waals surface area contributed by atoms with Gasteiger partial charge in [-0.3, -0.25) is 0 Å². The van der Waals surface area contributed by atoms with E-state index in [-0.39, 0.29) is 5.41 Å². The van der Waals surface area contributed by atoms with E-state index in [9.17, 15) is 9.00 Å². The molecule has 0 heterocycles. The summed E-state index contributed by atoms with van der Waals surface area (Å²) in [7, 11) is -1.23. The fraction of sp³-hybridized carbons (Fsp3) is 0.562. The van der Waals surface area contributed by atoms with Gasteiger partial charge in [-0.1, -0.05) is 52.3 Å². The van der Waals surface area contributed by atoms with Crippen LogP contribution < -0.4 is 9.46 Å². The zero-order chi connectivity index (χ0) is 15.9. The third-order valence-corrected chi connectivity index (χ3v) is 4.15. The van der Waals surface area contributed by atoms with Crippen LogP contribution in [0, 0.1) is 5.41 Å². The predicted molar refractivity (Wildman–Crippen MR) is 86.4 cm³/mol. The molecule has 0 saturated carbocycles. The third-order valence-electron chi connectivity index (χ3n) is 3.00. The summed E-state index contributed by atoms with van der Waals surface area (Å²) in [5, 5.41) is 0. The number of carbonyl (C=O) groups is 1. The summed E-state index contributed by atoms with van der Waals surface area (Å²) in [4.78, 5) is 12.3. The summed E-state index contributed by atoms with van der Waals surface area (Å²) in [5.41, 5.74) is -0.381. The monoisotopic (exact) mass is 311 g/mol. The fourth-order valence-electron chi connectivity index (χ4n) is 1.71. The van der Waals surface area contributed by atoms with Gasteiger partial charge in [0.15, 0.2) is 0 Å². The van der Waals surface area contributed by atoms with Gasteiger partial charge in [-0.15, -0.1) is 0 Å². The van der Waals surface area contributed by atoms with Crippen LogP contribution in [0.3, 0.4) is 0 Å². The average molecular weight is 311 g/mol. The molecule has 0 aliphatic carbocycles. The van der Waals surface area contributed by atoms with Crippen molar-refractivity contribution < 1.29 is 13.7 Å². The smallest absolute Gasteiger partial charge is 0.330 e. The highest BCUT2D eigenvalue weighted by Gasteiger charge is 2.34. The topological polar surface area (TPSA) is 55.4 Å². The van der Waals surface area contributed by atoms with E-state index in [1.165, 1.54) is 0 Å². The van der Waals surface area contributed by atoms with Crippen LogP contribution in [0.1, 0.15) is 40.5 Å². The van der Waals surface area contributed by atoms with Gasteiger partial charge >= 0.3 is 5.97 Å². The highest BCUT2D eigenvalue weighted by atomic mass is 32.2. The van der Waals surface area contributed by atoms with E-state index in [2.05, 4.69) is 4.72 Å². The van der Waals surface area contributed by atoms with Crippen molar-refractivity contribution in [1.29, 1.82) is 0 Å². The molecule has 0 fully saturated rings. The van der Waals surface area contributed by atoms with Crippen LogP contribution in [-0.4, -0.2) is 22.0 Å². The van der Waals surface area contributed by atoms with Crippen molar-refractivity contribution in [2.75, 3.05) is 5.75 Å². The molecule has 118 valence electrons. The molecule has 4 nitrogen and oxygen atoms in total. The van der Waals surface area contributed by atoms with E-state index in [4.69, 9.17) is 4.74 Å². The van der Waals surface area contributed by atoms with Crippen molar-refractivity contribution in [3.63, 3.8) is 0 Å². The Kier molecular flexibility index (Phi) is 7.05. The average Bonchev–Trinajstić information content (AvgIpc) is 2.42. The number of benzene rings is 1. The molecule has 2 atom stereocenters. The SMILES string of the molecule is CCCCS(=O)NC(C(=O)Oc1ccccc1)C(C)(C)C. The molecule has 0 spiro atoms. The fourth-order valence-corrected chi connectivity index (χ4v) is 3.09. The number of unbranched alkanes of at least 4 members (excludes halogenated alkanes) is 1. The molecule has 1 N–H and O–H groups in total. The van der Waals surface area contributed by atoms with Gasteiger partial charge in [-0.05, 0) is 24.0 Å². The molecule has 0 bridgehead atoms. The molecule has 2 unspecified atom stereocenters. The van der Waals surface area contributed by atoms with Crippen molar-refractivity contribution in [3.05, 3.63) is 30.3 Å². The first-order valence-corrected chi connectivity index (χ1v) is 8.57. The molecule has 0 saturated heterocycles. The van der Waals surface area contributed by atoms with Crippen molar-refractivity contribution >= 4 is 17.0 Å². The number of esters is 1. The zero-order valence-electron chi connectivity index (χ0n) is 13.2. The lowest BCUT2D eigenvalue weighted by Gasteiger charge is -2.29. The Balaban J connectivity index is 2.73. The van der Waals surface area contributed by atoms with E-state index in [1.807, 2.05) is 45.9 Å². The van der Waals surface area contributed by atoms with Crippen LogP contribution >= 0.6 is 0 Å². The lowest BCUT2D eigenvalue weighted by Crippen LogP contribution is -2.49. The quantitative estimate of drug-likeness (QED) is 0.622. The van der Waals surface area contributed by atoms with Crippen LogP contribution in [-0.2, 0) is 15.8 Å². The second kappa shape index (κ2) is 8.29. The molecule has 5 heteroatoms. The lowest BCUT2D eigenvalue weighted by atomic mass is 9.87. The van der Waals surface area contributed by atoms with E-state index in [1.54, 1.807) is 12.1 Å². The summed E-state index contributed by atoms with van der Waals surface area (Å²) in [6.45, 7) is 7.82. The van der Waals surface area contributed by atoms with Gasteiger partial charge in [0.1, 0.15) is 11.8 Å². The highest BCUT2D eigenvalue weighted by Crippen LogP contribution is 2.22. The zero-order valence-corrected chi connectivity index (χ0v) is 14.0. The van der Waals surface area contributed by atoms with E-state index in [0.29, 0.717) is 11.5 Å². The molecular formula is C16H25NO3S. The summed E-state index contributed by atoms with van der Waals surface area (Å²) < 4.78 is 20.3. The van der Waals surface area contributed by atoms with Gasteiger partial charge in [0.25, 0.3) is 0 Å². The largest absolute Gasteiger partial charge is 0.425 e. The summed E-state index contributed by atoms with van der Waals surface area (Å²) in [6, 6.07) is 8.31. The second-order valence-electron chi connectivity index (χ2n) is 6.05. The van der Waals surface area contributed by atoms with E-state index in [0.717, 1.165) is 12.8 Å². The Bertz CT molecular complexity index is 468. The van der Waals surface area contributed by atoms with Gasteiger partial charge in [0.2, 0.25) is 0 Å². The highest BCUT2D eigenvalue weighted by molar-refractivity contribution is 7.83. The molecule has 0 amide bonds. The number of para-hydroxylation sites is 1. The molecule has 1 aromatic rings. The predicted octanol–water partition coefficient (Wildman–Crippen LogP) is 3.06. The molecule has 0 aromatic heterocycles. The van der Waals surface area contributed by atoms with Gasteiger partial charge in [-0.25, -0.2) is 13.7 Å². The molecule has 1 rings (SSSR count). The van der Waals surface area contributed by atoms with Crippen LogP contribution in [0.25, 0.3) is 0 Å². The Labute approximate surface area is 129 Å². The van der Waals surface area contributed by atoms with Crippen LogP contribution in [0.2, 0.25) is 0 Å². The van der Waals surface area contributed by atoms with Gasteiger partial charge in [-0.2, -0.15) is 0 Å². The number of hydrogen-bond acceptors (Lipinski definition) is 3. The summed E-state index contributed by atoms with van der Waals surface area (Å²) in [6.07, 6.45) is 1.84. The van der Waals surface area contributed by atoms with Crippen molar-refractivity contribution in [2.24, 2.45) is 5.41 Å². The standard InChI is InChI=1S/C16H25NO3S/c1-5-6-12-21(19)17-14(16(2,3)4)15(18)20-13-10-8-7-9-11-13/h7-11,14,17H,5-6,12H2,1-4H3. The second-order valence-corrected chi connectivity index (χ2v) is 7.39. The number of ether oxygens (including phenoxy) is 1. The maximum absolute atomic E-state index is 12.3. The number of nitrogens with one attached hydrogen (secondary N) is 1. The van der Waals surface area contributed by atoms with Crippen molar-refractivity contribution in [3.8, 4) is 5.75 Å². The first-order valence-electron chi connectivity index (χ1n) is 7.26. The first-order chi connectivity index (χ1) is 9.84. The Morgan fingerprint density at radius 3 is 2.43 bits per heavy atom. The molecule has 0 aliphatic rings. The maximum atomic E-state index is 12.3. The minimum absolute atomic E-state index is 0.381. The number of rotatable bonds is 7. The number of carbonyl (C=O) groups excluding carboxylic acids is 1. The van der Waals surface area contributed by atoms with Crippen molar-refractivity contribution in [2.45, 2.75) is 46.6 Å². The van der Waals surface area contributed by atoms with E-state index >= 15 is 0 Å². The minimum Gasteiger partial charge on any atom is -0.425 e. The maximum Gasteiger partial charge on any atom is 0.330 e. The Morgan fingerprint density at radius 2 is 1.90 bits per heavy atom. The minimum atomic E-state index is -1.23. The first kappa shape index (κ1) is 17.9. The Hall–Kier alpha value is -1.20. The molecular weight excluding hydrogens is 286 g/mol. The van der Waals surface area contributed by atoms with Crippen LogP contribution in [0.4, 0.5) is 0 Å². The van der Waals surface area contributed by atoms with Gasteiger partial charge < -0.3 is 4.74 Å². The van der Waals surface area contributed by atoms with Crippen LogP contribution in [0.15, 0.2) is 30.3 Å². The third kappa shape index (κ3) is 6.40. The molecule has 0 aliphatic heterocycles. The summed E-state index contributed by atoms with van der Waals surface area (Å²) in [5.74, 6) is 0.637. The summed E-state index contributed by atoms with van der Waals surface area (Å²) >= 11 is 0. The molecule has 1 aromatic carbocycles. The van der Waals surface area contributed by atoms with Crippen molar-refractivity contribution in [1.82, 2.24) is 4.72 Å². The van der Waals surface area contributed by atoms with E-state index < -0.39 is 23.0 Å².